The molecular weight excluding hydrogens is 985 g/mol. The largest absolute Gasteiger partial charge is 0.462 e. The second-order valence-electron chi connectivity index (χ2n) is 24.1. The van der Waals surface area contributed by atoms with Gasteiger partial charge in [0.2, 0.25) is 0 Å². The molecule has 0 radical (unpaired) electrons. The van der Waals surface area contributed by atoms with Crippen LogP contribution in [0.5, 0.6) is 0 Å². The standard InChI is InChI=1S/C74H136O6/c1-4-7-10-13-16-19-22-25-27-29-31-33-35-36-37-38-39-41-42-44-46-49-52-55-58-61-64-67-73(76)79-70-71(69-78-72(75)66-63-60-57-54-51-48-24-21-18-15-12-9-6-3)80-74(77)68-65-62-59-56-53-50-47-45-43-40-34-32-30-28-26-23-20-17-14-11-8-5-2/h12,15,21-22,24-25,29,31,71H,4-11,13-14,16-20,23,26-28,30,32-70H2,1-3H3/b15-12-,24-21-,25-22-,31-29-. The molecule has 0 aliphatic heterocycles. The van der Waals surface area contributed by atoms with Crippen LogP contribution in [0.4, 0.5) is 0 Å². The molecule has 0 aliphatic rings. The summed E-state index contributed by atoms with van der Waals surface area (Å²) in [5, 5.41) is 0. The van der Waals surface area contributed by atoms with Gasteiger partial charge in [0.25, 0.3) is 0 Å². The molecular formula is C74H136O6. The number of ether oxygens (including phenoxy) is 3. The van der Waals surface area contributed by atoms with E-state index < -0.39 is 6.10 Å². The van der Waals surface area contributed by atoms with Crippen LogP contribution in [0, 0.1) is 0 Å². The smallest absolute Gasteiger partial charge is 0.306 e. The van der Waals surface area contributed by atoms with E-state index in [-0.39, 0.29) is 31.1 Å². The van der Waals surface area contributed by atoms with Crippen LogP contribution in [-0.2, 0) is 28.6 Å². The van der Waals surface area contributed by atoms with Crippen LogP contribution in [0.15, 0.2) is 48.6 Å². The summed E-state index contributed by atoms with van der Waals surface area (Å²) in [4.78, 5) is 38.4. The van der Waals surface area contributed by atoms with Gasteiger partial charge in [-0.05, 0) is 77.0 Å². The van der Waals surface area contributed by atoms with Gasteiger partial charge < -0.3 is 14.2 Å². The van der Waals surface area contributed by atoms with E-state index in [9.17, 15) is 14.4 Å². The summed E-state index contributed by atoms with van der Waals surface area (Å²) in [5.41, 5.74) is 0. The molecule has 0 saturated heterocycles. The Morgan fingerprint density at radius 3 is 0.738 bits per heavy atom. The van der Waals surface area contributed by atoms with Gasteiger partial charge in [-0.2, -0.15) is 0 Å². The molecule has 0 fully saturated rings. The Balaban J connectivity index is 4.22. The Hall–Kier alpha value is -2.63. The summed E-state index contributed by atoms with van der Waals surface area (Å²) < 4.78 is 17.0. The minimum absolute atomic E-state index is 0.0731. The maximum atomic E-state index is 13.0. The van der Waals surface area contributed by atoms with Crippen LogP contribution in [0.1, 0.15) is 387 Å². The Kier molecular flexibility index (Phi) is 66.6. The Labute approximate surface area is 498 Å². The molecule has 0 aliphatic carbocycles. The van der Waals surface area contributed by atoms with Gasteiger partial charge in [0, 0.05) is 19.3 Å². The minimum Gasteiger partial charge on any atom is -0.462 e. The highest BCUT2D eigenvalue weighted by Gasteiger charge is 2.19. The van der Waals surface area contributed by atoms with E-state index in [2.05, 4.69) is 69.4 Å². The SMILES string of the molecule is CCC/C=C\C/C=C\CCCCCCCC(=O)OCC(COC(=O)CCCCCCCCCCCCCCCCC/C=C\C/C=C\CCCCCCC)OC(=O)CCCCCCCCCCCCCCCCCCCCCCCC. The zero-order valence-electron chi connectivity index (χ0n) is 53.9. The fourth-order valence-corrected chi connectivity index (χ4v) is 10.7. The molecule has 0 rings (SSSR count). The van der Waals surface area contributed by atoms with E-state index in [0.29, 0.717) is 19.3 Å². The lowest BCUT2D eigenvalue weighted by Gasteiger charge is -2.18. The summed E-state index contributed by atoms with van der Waals surface area (Å²) in [5.74, 6) is -0.861. The van der Waals surface area contributed by atoms with Crippen molar-refractivity contribution in [2.24, 2.45) is 0 Å². The number of carbonyl (C=O) groups is 3. The number of unbranched alkanes of at least 4 members (excludes halogenated alkanes) is 47. The first-order chi connectivity index (χ1) is 39.5. The van der Waals surface area contributed by atoms with Gasteiger partial charge in [-0.25, -0.2) is 0 Å². The summed E-state index contributed by atoms with van der Waals surface area (Å²) in [6, 6.07) is 0. The highest BCUT2D eigenvalue weighted by molar-refractivity contribution is 5.71. The third-order valence-corrected chi connectivity index (χ3v) is 16.0. The van der Waals surface area contributed by atoms with Crippen LogP contribution < -0.4 is 0 Å². The fourth-order valence-electron chi connectivity index (χ4n) is 10.7. The predicted molar refractivity (Wildman–Crippen MR) is 349 cm³/mol. The maximum Gasteiger partial charge on any atom is 0.306 e. The van der Waals surface area contributed by atoms with Gasteiger partial charge in [-0.3, -0.25) is 14.4 Å². The first-order valence-electron chi connectivity index (χ1n) is 35.6. The lowest BCUT2D eigenvalue weighted by atomic mass is 10.0. The second kappa shape index (κ2) is 68.9. The minimum atomic E-state index is -0.778. The third kappa shape index (κ3) is 66.2. The molecule has 0 bridgehead atoms. The monoisotopic (exact) mass is 1120 g/mol. The molecule has 1 unspecified atom stereocenters. The molecule has 0 aromatic carbocycles. The van der Waals surface area contributed by atoms with Gasteiger partial charge in [-0.1, -0.05) is 339 Å². The van der Waals surface area contributed by atoms with Crippen molar-refractivity contribution in [1.29, 1.82) is 0 Å². The van der Waals surface area contributed by atoms with Crippen molar-refractivity contribution in [3.8, 4) is 0 Å². The zero-order valence-corrected chi connectivity index (χ0v) is 53.9. The number of hydrogen-bond donors (Lipinski definition) is 0. The number of hydrogen-bond acceptors (Lipinski definition) is 6. The van der Waals surface area contributed by atoms with Crippen LogP contribution in [0.3, 0.4) is 0 Å². The average Bonchev–Trinajstić information content (AvgIpc) is 3.46. The lowest BCUT2D eigenvalue weighted by Crippen LogP contribution is -2.30. The zero-order chi connectivity index (χ0) is 57.8. The molecule has 0 amide bonds. The van der Waals surface area contributed by atoms with Crippen molar-refractivity contribution in [3.63, 3.8) is 0 Å². The molecule has 468 valence electrons. The fraction of sp³-hybridized carbons (Fsp3) is 0.851. The summed E-state index contributed by atoms with van der Waals surface area (Å²) in [7, 11) is 0. The van der Waals surface area contributed by atoms with Gasteiger partial charge in [0.15, 0.2) is 6.10 Å². The number of rotatable bonds is 66. The van der Waals surface area contributed by atoms with E-state index in [4.69, 9.17) is 14.2 Å². The normalized spacial score (nSPS) is 12.3. The van der Waals surface area contributed by atoms with E-state index in [1.165, 1.54) is 257 Å². The van der Waals surface area contributed by atoms with E-state index in [1.54, 1.807) is 0 Å². The predicted octanol–water partition coefficient (Wildman–Crippen LogP) is 24.5. The topological polar surface area (TPSA) is 78.9 Å². The summed E-state index contributed by atoms with van der Waals surface area (Å²) in [6.45, 7) is 6.62. The lowest BCUT2D eigenvalue weighted by molar-refractivity contribution is -0.167. The quantitative estimate of drug-likeness (QED) is 0.0261. The first-order valence-corrected chi connectivity index (χ1v) is 35.6. The van der Waals surface area contributed by atoms with Crippen molar-refractivity contribution >= 4 is 17.9 Å². The average molecular weight is 1120 g/mol. The Morgan fingerprint density at radius 1 is 0.250 bits per heavy atom. The second-order valence-corrected chi connectivity index (χ2v) is 24.1. The van der Waals surface area contributed by atoms with Crippen molar-refractivity contribution in [3.05, 3.63) is 48.6 Å². The summed E-state index contributed by atoms with van der Waals surface area (Å²) >= 11 is 0. The van der Waals surface area contributed by atoms with Crippen molar-refractivity contribution in [1.82, 2.24) is 0 Å². The van der Waals surface area contributed by atoms with Crippen LogP contribution in [-0.4, -0.2) is 37.2 Å². The molecule has 1 atom stereocenters. The van der Waals surface area contributed by atoms with Gasteiger partial charge in [0.05, 0.1) is 0 Å². The number of carbonyl (C=O) groups excluding carboxylic acids is 3. The molecule has 0 heterocycles. The Morgan fingerprint density at radius 2 is 0.475 bits per heavy atom. The van der Waals surface area contributed by atoms with Crippen LogP contribution in [0.2, 0.25) is 0 Å². The number of allylic oxidation sites excluding steroid dienone is 8. The first kappa shape index (κ1) is 77.4. The van der Waals surface area contributed by atoms with Crippen molar-refractivity contribution in [2.45, 2.75) is 393 Å². The number of esters is 3. The van der Waals surface area contributed by atoms with Gasteiger partial charge >= 0.3 is 17.9 Å². The molecule has 6 nitrogen and oxygen atoms in total. The third-order valence-electron chi connectivity index (χ3n) is 16.0. The van der Waals surface area contributed by atoms with E-state index in [0.717, 1.165) is 89.9 Å². The van der Waals surface area contributed by atoms with Crippen LogP contribution in [0.25, 0.3) is 0 Å². The van der Waals surface area contributed by atoms with E-state index >= 15 is 0 Å². The van der Waals surface area contributed by atoms with Gasteiger partial charge in [0.1, 0.15) is 13.2 Å². The molecule has 0 saturated carbocycles. The molecule has 6 heteroatoms. The Bertz CT molecular complexity index is 1380. The molecule has 0 N–H and O–H groups in total. The van der Waals surface area contributed by atoms with Crippen molar-refractivity contribution < 1.29 is 28.6 Å². The molecule has 80 heavy (non-hydrogen) atoms. The summed E-state index contributed by atoms with van der Waals surface area (Å²) in [6.07, 6.45) is 87.2. The van der Waals surface area contributed by atoms with Crippen molar-refractivity contribution in [2.75, 3.05) is 13.2 Å². The molecule has 0 spiro atoms. The highest BCUT2D eigenvalue weighted by Crippen LogP contribution is 2.18. The molecule has 0 aromatic heterocycles. The van der Waals surface area contributed by atoms with Gasteiger partial charge in [-0.15, -0.1) is 0 Å². The highest BCUT2D eigenvalue weighted by atomic mass is 16.6. The maximum absolute atomic E-state index is 13.0. The molecule has 0 aromatic rings. The van der Waals surface area contributed by atoms with Crippen LogP contribution >= 0.6 is 0 Å². The van der Waals surface area contributed by atoms with E-state index in [1.807, 2.05) is 0 Å².